The van der Waals surface area contributed by atoms with Crippen molar-refractivity contribution in [1.29, 1.82) is 0 Å². The molecule has 0 heterocycles. The molecule has 0 aliphatic heterocycles. The number of benzene rings is 2. The quantitative estimate of drug-likeness (QED) is 0.639. The number of halogens is 2. The number of hydrogen-bond donors (Lipinski definition) is 1. The SMILES string of the molecule is CCOc1cc(CNCCOC)c(Cl)cc1OCc1ccc(F)cc1. The molecule has 0 atom stereocenters. The zero-order valence-electron chi connectivity index (χ0n) is 14.5. The summed E-state index contributed by atoms with van der Waals surface area (Å²) >= 11 is 6.36. The molecule has 0 saturated heterocycles. The third kappa shape index (κ3) is 6.20. The Morgan fingerprint density at radius 2 is 1.80 bits per heavy atom. The Labute approximate surface area is 152 Å². The number of ether oxygens (including phenoxy) is 3. The molecule has 0 spiro atoms. The molecular weight excluding hydrogens is 345 g/mol. The Morgan fingerprint density at radius 1 is 1.08 bits per heavy atom. The molecule has 0 fully saturated rings. The van der Waals surface area contributed by atoms with Gasteiger partial charge in [-0.1, -0.05) is 23.7 Å². The van der Waals surface area contributed by atoms with Crippen molar-refractivity contribution in [3.63, 3.8) is 0 Å². The van der Waals surface area contributed by atoms with E-state index < -0.39 is 0 Å². The normalized spacial score (nSPS) is 10.7. The van der Waals surface area contributed by atoms with Crippen LogP contribution < -0.4 is 14.8 Å². The molecule has 0 saturated carbocycles. The second-order valence-electron chi connectivity index (χ2n) is 5.41. The summed E-state index contributed by atoms with van der Waals surface area (Å²) in [6.07, 6.45) is 0. The topological polar surface area (TPSA) is 39.7 Å². The van der Waals surface area contributed by atoms with Crippen molar-refractivity contribution in [3.8, 4) is 11.5 Å². The van der Waals surface area contributed by atoms with Crippen LogP contribution in [-0.4, -0.2) is 26.9 Å². The molecule has 0 bridgehead atoms. The lowest BCUT2D eigenvalue weighted by Crippen LogP contribution is -2.18. The molecule has 0 amide bonds. The van der Waals surface area contributed by atoms with Gasteiger partial charge in [-0.3, -0.25) is 0 Å². The molecule has 0 aliphatic rings. The minimum Gasteiger partial charge on any atom is -0.490 e. The van der Waals surface area contributed by atoms with Crippen molar-refractivity contribution < 1.29 is 18.6 Å². The highest BCUT2D eigenvalue weighted by Gasteiger charge is 2.11. The standard InChI is InChI=1S/C19H23ClFNO3/c1-3-24-18-10-15(12-22-8-9-23-2)17(20)11-19(18)25-13-14-4-6-16(21)7-5-14/h4-7,10-11,22H,3,8-9,12-13H2,1-2H3. The number of rotatable bonds is 10. The molecule has 0 aliphatic carbocycles. The van der Waals surface area contributed by atoms with Crippen molar-refractivity contribution in [2.24, 2.45) is 0 Å². The first-order valence-corrected chi connectivity index (χ1v) is 8.54. The van der Waals surface area contributed by atoms with E-state index in [1.807, 2.05) is 13.0 Å². The Bertz CT molecular complexity index is 664. The molecule has 4 nitrogen and oxygen atoms in total. The second-order valence-corrected chi connectivity index (χ2v) is 5.82. The minimum absolute atomic E-state index is 0.271. The molecule has 2 aromatic carbocycles. The van der Waals surface area contributed by atoms with E-state index in [1.54, 1.807) is 25.3 Å². The van der Waals surface area contributed by atoms with Crippen LogP contribution >= 0.6 is 11.6 Å². The van der Waals surface area contributed by atoms with Gasteiger partial charge in [0, 0.05) is 31.3 Å². The van der Waals surface area contributed by atoms with Crippen LogP contribution in [0, 0.1) is 5.82 Å². The monoisotopic (exact) mass is 367 g/mol. The zero-order chi connectivity index (χ0) is 18.1. The van der Waals surface area contributed by atoms with Gasteiger partial charge in [0.15, 0.2) is 11.5 Å². The number of hydrogen-bond acceptors (Lipinski definition) is 4. The molecule has 6 heteroatoms. The van der Waals surface area contributed by atoms with Gasteiger partial charge in [-0.05, 0) is 36.2 Å². The van der Waals surface area contributed by atoms with Gasteiger partial charge >= 0.3 is 0 Å². The van der Waals surface area contributed by atoms with E-state index >= 15 is 0 Å². The largest absolute Gasteiger partial charge is 0.490 e. The fourth-order valence-electron chi connectivity index (χ4n) is 2.23. The van der Waals surface area contributed by atoms with Crippen LogP contribution in [0.2, 0.25) is 5.02 Å². The van der Waals surface area contributed by atoms with Gasteiger partial charge in [0.2, 0.25) is 0 Å². The van der Waals surface area contributed by atoms with Crippen molar-refractivity contribution in [2.75, 3.05) is 26.9 Å². The highest BCUT2D eigenvalue weighted by atomic mass is 35.5. The predicted molar refractivity (Wildman–Crippen MR) is 96.9 cm³/mol. The molecule has 0 aromatic heterocycles. The maximum absolute atomic E-state index is 13.0. The van der Waals surface area contributed by atoms with Crippen molar-refractivity contribution >= 4 is 11.6 Å². The first kappa shape index (κ1) is 19.5. The summed E-state index contributed by atoms with van der Waals surface area (Å²) in [6.45, 7) is 4.72. The van der Waals surface area contributed by atoms with Crippen molar-refractivity contribution in [3.05, 3.63) is 58.4 Å². The molecule has 2 aromatic rings. The summed E-state index contributed by atoms with van der Waals surface area (Å²) in [6, 6.07) is 9.82. The lowest BCUT2D eigenvalue weighted by molar-refractivity contribution is 0.199. The lowest BCUT2D eigenvalue weighted by Gasteiger charge is -2.15. The van der Waals surface area contributed by atoms with Gasteiger partial charge in [0.25, 0.3) is 0 Å². The van der Waals surface area contributed by atoms with E-state index in [0.29, 0.717) is 42.9 Å². The van der Waals surface area contributed by atoms with Crippen LogP contribution in [-0.2, 0) is 17.9 Å². The lowest BCUT2D eigenvalue weighted by atomic mass is 10.2. The van der Waals surface area contributed by atoms with E-state index in [4.69, 9.17) is 25.8 Å². The molecule has 136 valence electrons. The van der Waals surface area contributed by atoms with Gasteiger partial charge in [0.05, 0.1) is 13.2 Å². The summed E-state index contributed by atoms with van der Waals surface area (Å²) in [4.78, 5) is 0. The van der Waals surface area contributed by atoms with Crippen molar-refractivity contribution in [2.45, 2.75) is 20.1 Å². The minimum atomic E-state index is -0.271. The van der Waals surface area contributed by atoms with E-state index in [0.717, 1.165) is 17.7 Å². The Balaban J connectivity index is 2.07. The third-order valence-electron chi connectivity index (χ3n) is 3.52. The van der Waals surface area contributed by atoms with Gasteiger partial charge in [-0.25, -0.2) is 4.39 Å². The van der Waals surface area contributed by atoms with Crippen LogP contribution in [0.4, 0.5) is 4.39 Å². The number of nitrogens with one attached hydrogen (secondary N) is 1. The summed E-state index contributed by atoms with van der Waals surface area (Å²) < 4.78 is 29.5. The van der Waals surface area contributed by atoms with E-state index in [9.17, 15) is 4.39 Å². The third-order valence-corrected chi connectivity index (χ3v) is 3.87. The van der Waals surface area contributed by atoms with Gasteiger partial charge in [-0.2, -0.15) is 0 Å². The maximum atomic E-state index is 13.0. The predicted octanol–water partition coefficient (Wildman–Crippen LogP) is 4.19. The molecule has 0 radical (unpaired) electrons. The van der Waals surface area contributed by atoms with Crippen LogP contribution in [0.1, 0.15) is 18.1 Å². The average Bonchev–Trinajstić information content (AvgIpc) is 2.61. The summed E-state index contributed by atoms with van der Waals surface area (Å²) in [5, 5.41) is 3.85. The van der Waals surface area contributed by atoms with Gasteiger partial charge in [0.1, 0.15) is 12.4 Å². The Kier molecular flexibility index (Phi) is 7.98. The molecule has 1 N–H and O–H groups in total. The van der Waals surface area contributed by atoms with E-state index in [-0.39, 0.29) is 5.82 Å². The van der Waals surface area contributed by atoms with Gasteiger partial charge < -0.3 is 19.5 Å². The Morgan fingerprint density at radius 3 is 2.48 bits per heavy atom. The maximum Gasteiger partial charge on any atom is 0.163 e. The summed E-state index contributed by atoms with van der Waals surface area (Å²) in [5.74, 6) is 0.932. The van der Waals surface area contributed by atoms with Crippen LogP contribution in [0.15, 0.2) is 36.4 Å². The summed E-state index contributed by atoms with van der Waals surface area (Å²) in [7, 11) is 1.66. The van der Waals surface area contributed by atoms with Crippen molar-refractivity contribution in [1.82, 2.24) is 5.32 Å². The Hall–Kier alpha value is -1.82. The molecule has 0 unspecified atom stereocenters. The second kappa shape index (κ2) is 10.2. The smallest absolute Gasteiger partial charge is 0.163 e. The highest BCUT2D eigenvalue weighted by molar-refractivity contribution is 6.31. The first-order chi connectivity index (χ1) is 12.1. The summed E-state index contributed by atoms with van der Waals surface area (Å²) in [5.41, 5.74) is 1.79. The van der Waals surface area contributed by atoms with Crippen LogP contribution in [0.25, 0.3) is 0 Å². The highest BCUT2D eigenvalue weighted by Crippen LogP contribution is 2.34. The molecule has 2 rings (SSSR count). The zero-order valence-corrected chi connectivity index (χ0v) is 15.2. The van der Waals surface area contributed by atoms with Crippen LogP contribution in [0.5, 0.6) is 11.5 Å². The fraction of sp³-hybridized carbons (Fsp3) is 0.368. The first-order valence-electron chi connectivity index (χ1n) is 8.16. The van der Waals surface area contributed by atoms with Gasteiger partial charge in [-0.15, -0.1) is 0 Å². The van der Waals surface area contributed by atoms with E-state index in [2.05, 4.69) is 5.32 Å². The fourth-order valence-corrected chi connectivity index (χ4v) is 2.45. The average molecular weight is 368 g/mol. The van der Waals surface area contributed by atoms with E-state index in [1.165, 1.54) is 12.1 Å². The van der Waals surface area contributed by atoms with Crippen LogP contribution in [0.3, 0.4) is 0 Å². The number of methoxy groups -OCH3 is 1. The molecular formula is C19H23ClFNO3. The molecule has 25 heavy (non-hydrogen) atoms.